The van der Waals surface area contributed by atoms with Gasteiger partial charge in [0.1, 0.15) is 5.75 Å². The number of amides is 1. The van der Waals surface area contributed by atoms with Gasteiger partial charge in [-0.15, -0.1) is 0 Å². The highest BCUT2D eigenvalue weighted by molar-refractivity contribution is 7.90. The van der Waals surface area contributed by atoms with Crippen molar-refractivity contribution < 1.29 is 17.9 Å². The molecule has 0 radical (unpaired) electrons. The number of carbonyl (C=O) groups excluding carboxylic acids is 1. The van der Waals surface area contributed by atoms with E-state index in [2.05, 4.69) is 5.32 Å². The Morgan fingerprint density at radius 2 is 1.64 bits per heavy atom. The summed E-state index contributed by atoms with van der Waals surface area (Å²) >= 11 is 23.6. The third-order valence-corrected chi connectivity index (χ3v) is 5.43. The van der Waals surface area contributed by atoms with Crippen molar-refractivity contribution >= 4 is 67.8 Å². The Bertz CT molecular complexity index is 931. The molecule has 10 heteroatoms. The standard InChI is InChI=1S/C15H11Cl4NO4S/c1-25(22,23)8-2-3-9(16)13(4-8)20-15(21)7-24-14-6-11(18)10(17)5-12(14)19/h2-6H,7H2,1H3,(H,20,21). The van der Waals surface area contributed by atoms with Gasteiger partial charge in [0.05, 0.1) is 30.7 Å². The first-order chi connectivity index (χ1) is 11.6. The van der Waals surface area contributed by atoms with Crippen LogP contribution in [0.2, 0.25) is 20.1 Å². The van der Waals surface area contributed by atoms with Crippen LogP contribution >= 0.6 is 46.4 Å². The molecule has 2 rings (SSSR count). The van der Waals surface area contributed by atoms with E-state index >= 15 is 0 Å². The normalized spacial score (nSPS) is 11.2. The molecule has 0 aliphatic heterocycles. The van der Waals surface area contributed by atoms with Gasteiger partial charge in [-0.05, 0) is 24.3 Å². The minimum Gasteiger partial charge on any atom is -0.482 e. The number of hydrogen-bond donors (Lipinski definition) is 1. The number of nitrogens with one attached hydrogen (secondary N) is 1. The maximum Gasteiger partial charge on any atom is 0.262 e. The van der Waals surface area contributed by atoms with Crippen LogP contribution in [0.25, 0.3) is 0 Å². The minimum absolute atomic E-state index is 0.0284. The summed E-state index contributed by atoms with van der Waals surface area (Å²) in [5.41, 5.74) is 0.151. The van der Waals surface area contributed by atoms with Crippen molar-refractivity contribution in [1.82, 2.24) is 0 Å². The van der Waals surface area contributed by atoms with Crippen molar-refractivity contribution in [3.63, 3.8) is 0 Å². The zero-order valence-corrected chi connectivity index (χ0v) is 16.5. The van der Waals surface area contributed by atoms with Gasteiger partial charge in [-0.1, -0.05) is 46.4 Å². The van der Waals surface area contributed by atoms with E-state index in [0.717, 1.165) is 6.26 Å². The number of halogens is 4. The van der Waals surface area contributed by atoms with Crippen LogP contribution in [0.4, 0.5) is 5.69 Å². The molecule has 2 aromatic rings. The molecular weight excluding hydrogens is 432 g/mol. The molecule has 25 heavy (non-hydrogen) atoms. The highest BCUT2D eigenvalue weighted by Gasteiger charge is 2.14. The Morgan fingerprint density at radius 3 is 2.28 bits per heavy atom. The Labute approximate surface area is 164 Å². The quantitative estimate of drug-likeness (QED) is 0.679. The highest BCUT2D eigenvalue weighted by Crippen LogP contribution is 2.34. The summed E-state index contributed by atoms with van der Waals surface area (Å²) in [6, 6.07) is 6.77. The number of hydrogen-bond acceptors (Lipinski definition) is 4. The minimum atomic E-state index is -3.43. The average molecular weight is 443 g/mol. The van der Waals surface area contributed by atoms with Gasteiger partial charge in [-0.25, -0.2) is 8.42 Å². The molecule has 0 fully saturated rings. The third-order valence-electron chi connectivity index (χ3n) is 2.97. The van der Waals surface area contributed by atoms with E-state index in [9.17, 15) is 13.2 Å². The Hall–Kier alpha value is -1.18. The fraction of sp³-hybridized carbons (Fsp3) is 0.133. The fourth-order valence-electron chi connectivity index (χ4n) is 1.78. The van der Waals surface area contributed by atoms with Crippen LogP contribution in [0, 0.1) is 0 Å². The molecule has 0 aromatic heterocycles. The van der Waals surface area contributed by atoms with Crippen molar-refractivity contribution in [2.24, 2.45) is 0 Å². The number of anilines is 1. The number of sulfone groups is 1. The van der Waals surface area contributed by atoms with Crippen LogP contribution in [0.1, 0.15) is 0 Å². The molecule has 0 heterocycles. The van der Waals surface area contributed by atoms with E-state index in [0.29, 0.717) is 0 Å². The van der Waals surface area contributed by atoms with Crippen molar-refractivity contribution in [2.45, 2.75) is 4.90 Å². The van der Waals surface area contributed by atoms with Crippen molar-refractivity contribution in [2.75, 3.05) is 18.2 Å². The van der Waals surface area contributed by atoms with Gasteiger partial charge in [0.15, 0.2) is 16.4 Å². The molecule has 0 aliphatic carbocycles. The lowest BCUT2D eigenvalue weighted by Crippen LogP contribution is -2.20. The molecule has 0 spiro atoms. The lowest BCUT2D eigenvalue weighted by Gasteiger charge is -2.11. The number of ether oxygens (including phenoxy) is 1. The van der Waals surface area contributed by atoms with Gasteiger partial charge in [0.2, 0.25) is 0 Å². The molecule has 0 bridgehead atoms. The van der Waals surface area contributed by atoms with Gasteiger partial charge >= 0.3 is 0 Å². The van der Waals surface area contributed by atoms with E-state index in [1.165, 1.54) is 30.3 Å². The molecule has 1 amide bonds. The van der Waals surface area contributed by atoms with Crippen LogP contribution in [-0.2, 0) is 14.6 Å². The number of benzene rings is 2. The summed E-state index contributed by atoms with van der Waals surface area (Å²) in [5.74, 6) is -0.378. The largest absolute Gasteiger partial charge is 0.482 e. The second-order valence-electron chi connectivity index (χ2n) is 4.95. The lowest BCUT2D eigenvalue weighted by molar-refractivity contribution is -0.118. The first-order valence-corrected chi connectivity index (χ1v) is 10.0. The predicted molar refractivity (Wildman–Crippen MR) is 100 cm³/mol. The molecule has 2 aromatic carbocycles. The Kier molecular flexibility index (Phi) is 6.45. The monoisotopic (exact) mass is 441 g/mol. The van der Waals surface area contributed by atoms with Crippen molar-refractivity contribution in [3.05, 3.63) is 50.4 Å². The summed E-state index contributed by atoms with van der Waals surface area (Å²) in [7, 11) is -3.43. The average Bonchev–Trinajstić information content (AvgIpc) is 2.50. The second-order valence-corrected chi connectivity index (χ2v) is 8.59. The molecule has 0 unspecified atom stereocenters. The summed E-state index contributed by atoms with van der Waals surface area (Å²) in [4.78, 5) is 12.0. The molecular formula is C15H11Cl4NO4S. The zero-order chi connectivity index (χ0) is 18.8. The SMILES string of the molecule is CS(=O)(=O)c1ccc(Cl)c(NC(=O)COc2cc(Cl)c(Cl)cc2Cl)c1. The fourth-order valence-corrected chi connectivity index (χ4v) is 3.18. The Morgan fingerprint density at radius 1 is 1.00 bits per heavy atom. The molecule has 0 atom stereocenters. The van der Waals surface area contributed by atoms with Crippen LogP contribution in [0.5, 0.6) is 5.75 Å². The molecule has 1 N–H and O–H groups in total. The lowest BCUT2D eigenvalue weighted by atomic mass is 10.3. The van der Waals surface area contributed by atoms with E-state index < -0.39 is 22.4 Å². The molecule has 0 saturated heterocycles. The summed E-state index contributed by atoms with van der Waals surface area (Å²) in [5, 5.41) is 3.34. The number of carbonyl (C=O) groups is 1. The van der Waals surface area contributed by atoms with Gasteiger partial charge < -0.3 is 10.1 Å². The van der Waals surface area contributed by atoms with Gasteiger partial charge in [-0.3, -0.25) is 4.79 Å². The topological polar surface area (TPSA) is 72.5 Å². The van der Waals surface area contributed by atoms with Crippen molar-refractivity contribution in [3.8, 4) is 5.75 Å². The zero-order valence-electron chi connectivity index (χ0n) is 12.6. The second kappa shape index (κ2) is 8.01. The first-order valence-electron chi connectivity index (χ1n) is 6.64. The maximum absolute atomic E-state index is 12.0. The van der Waals surface area contributed by atoms with Crippen LogP contribution in [0.15, 0.2) is 35.2 Å². The van der Waals surface area contributed by atoms with E-state index in [-0.39, 0.29) is 36.4 Å². The van der Waals surface area contributed by atoms with Crippen LogP contribution < -0.4 is 10.1 Å². The van der Waals surface area contributed by atoms with Crippen molar-refractivity contribution in [1.29, 1.82) is 0 Å². The third kappa shape index (κ3) is 5.39. The smallest absolute Gasteiger partial charge is 0.262 e. The molecule has 5 nitrogen and oxygen atoms in total. The Balaban J connectivity index is 2.10. The molecule has 134 valence electrons. The van der Waals surface area contributed by atoms with Gasteiger partial charge in [0, 0.05) is 12.3 Å². The summed E-state index contributed by atoms with van der Waals surface area (Å²) in [6.45, 7) is -0.392. The van der Waals surface area contributed by atoms with Gasteiger partial charge in [-0.2, -0.15) is 0 Å². The maximum atomic E-state index is 12.0. The molecule has 0 saturated carbocycles. The van der Waals surface area contributed by atoms with Crippen LogP contribution in [0.3, 0.4) is 0 Å². The van der Waals surface area contributed by atoms with E-state index in [1.54, 1.807) is 0 Å². The van der Waals surface area contributed by atoms with Crippen LogP contribution in [-0.4, -0.2) is 27.2 Å². The highest BCUT2D eigenvalue weighted by atomic mass is 35.5. The first kappa shape index (κ1) is 20.1. The summed E-state index contributed by atoms with van der Waals surface area (Å²) < 4.78 is 28.4. The number of rotatable bonds is 5. The molecule has 0 aliphatic rings. The summed E-state index contributed by atoms with van der Waals surface area (Å²) in [6.07, 6.45) is 1.05. The van der Waals surface area contributed by atoms with E-state index in [1.807, 2.05) is 0 Å². The van der Waals surface area contributed by atoms with E-state index in [4.69, 9.17) is 51.1 Å². The predicted octanol–water partition coefficient (Wildman–Crippen LogP) is 4.72. The van der Waals surface area contributed by atoms with Gasteiger partial charge in [0.25, 0.3) is 5.91 Å².